The maximum absolute atomic E-state index is 12.0. The molecule has 1 heterocycles. The van der Waals surface area contributed by atoms with Crippen LogP contribution in [0.1, 0.15) is 12.8 Å². The fourth-order valence-electron chi connectivity index (χ4n) is 1.40. The molecule has 0 aromatic carbocycles. The van der Waals surface area contributed by atoms with Crippen molar-refractivity contribution in [1.82, 2.24) is 4.90 Å². The number of hydrogen-bond acceptors (Lipinski definition) is 1. The van der Waals surface area contributed by atoms with E-state index in [1.54, 1.807) is 0 Å². The molecule has 1 aliphatic rings. The third-order valence-corrected chi connectivity index (χ3v) is 1.94. The lowest BCUT2D eigenvalue weighted by molar-refractivity contribution is 0.182. The minimum absolute atomic E-state index is 0.135. The highest BCUT2D eigenvalue weighted by molar-refractivity contribution is 4.68. The fraction of sp³-hybridized carbons (Fsp3) is 1.00. The van der Waals surface area contributed by atoms with Crippen LogP contribution in [0.2, 0.25) is 0 Å². The van der Waals surface area contributed by atoms with E-state index in [1.165, 1.54) is 6.42 Å². The molecule has 0 aliphatic carbocycles. The molecule has 1 fully saturated rings. The molecule has 1 aliphatic heterocycles. The van der Waals surface area contributed by atoms with E-state index in [1.807, 2.05) is 0 Å². The summed E-state index contributed by atoms with van der Waals surface area (Å²) < 4.78 is 12.0. The molecule has 0 radical (unpaired) electrons. The summed E-state index contributed by atoms with van der Waals surface area (Å²) in [5, 5.41) is 0. The van der Waals surface area contributed by atoms with Gasteiger partial charge in [0.25, 0.3) is 0 Å². The minimum Gasteiger partial charge on any atom is -0.306 e. The van der Waals surface area contributed by atoms with Gasteiger partial charge in [0.1, 0.15) is 0 Å². The van der Waals surface area contributed by atoms with Gasteiger partial charge in [0.2, 0.25) is 0 Å². The Morgan fingerprint density at radius 3 is 2.89 bits per heavy atom. The van der Waals surface area contributed by atoms with Gasteiger partial charge in [0.05, 0.1) is 6.67 Å². The number of hydrogen-bond donors (Lipinski definition) is 0. The van der Waals surface area contributed by atoms with Gasteiger partial charge in [0, 0.05) is 12.5 Å². The van der Waals surface area contributed by atoms with Gasteiger partial charge in [-0.15, -0.1) is 0 Å². The molecular weight excluding hydrogens is 117 g/mol. The number of alkyl halides is 1. The first-order chi connectivity index (χ1) is 4.33. The summed E-state index contributed by atoms with van der Waals surface area (Å²) in [4.78, 5) is 2.20. The zero-order chi connectivity index (χ0) is 6.69. The van der Waals surface area contributed by atoms with Crippen LogP contribution in [-0.2, 0) is 0 Å². The Morgan fingerprint density at radius 1 is 1.67 bits per heavy atom. The van der Waals surface area contributed by atoms with Crippen molar-refractivity contribution >= 4 is 0 Å². The highest BCUT2D eigenvalue weighted by Crippen LogP contribution is 2.14. The Labute approximate surface area is 55.8 Å². The third kappa shape index (κ3) is 1.94. The van der Waals surface area contributed by atoms with E-state index in [0.29, 0.717) is 5.92 Å². The van der Waals surface area contributed by atoms with E-state index in [2.05, 4.69) is 11.9 Å². The molecule has 1 nitrogen and oxygen atoms in total. The molecule has 1 atom stereocenters. The molecule has 0 unspecified atom stereocenters. The van der Waals surface area contributed by atoms with Gasteiger partial charge in [-0.2, -0.15) is 0 Å². The average molecular weight is 131 g/mol. The van der Waals surface area contributed by atoms with Crippen LogP contribution in [0.4, 0.5) is 4.39 Å². The van der Waals surface area contributed by atoms with Crippen LogP contribution in [0.25, 0.3) is 0 Å². The van der Waals surface area contributed by atoms with Gasteiger partial charge in [-0.3, -0.25) is 4.39 Å². The molecule has 0 aromatic rings. The lowest BCUT2D eigenvalue weighted by Crippen LogP contribution is -2.32. The lowest BCUT2D eigenvalue weighted by Gasteiger charge is -2.27. The molecule has 54 valence electrons. The zero-order valence-corrected chi connectivity index (χ0v) is 5.94. The van der Waals surface area contributed by atoms with Crippen LogP contribution in [0, 0.1) is 5.92 Å². The maximum Gasteiger partial charge on any atom is 0.0934 e. The molecule has 0 N–H and O–H groups in total. The largest absolute Gasteiger partial charge is 0.306 e. The van der Waals surface area contributed by atoms with Crippen LogP contribution < -0.4 is 0 Å². The summed E-state index contributed by atoms with van der Waals surface area (Å²) in [7, 11) is 2.06. The number of piperidine rings is 1. The van der Waals surface area contributed by atoms with Gasteiger partial charge < -0.3 is 4.90 Å². The summed E-state index contributed by atoms with van der Waals surface area (Å²) in [6.07, 6.45) is 2.26. The Hall–Kier alpha value is -0.110. The predicted octanol–water partition coefficient (Wildman–Crippen LogP) is 1.30. The highest BCUT2D eigenvalue weighted by Gasteiger charge is 2.15. The first-order valence-electron chi connectivity index (χ1n) is 3.57. The first kappa shape index (κ1) is 7.00. The van der Waals surface area contributed by atoms with Crippen molar-refractivity contribution in [3.8, 4) is 0 Å². The average Bonchev–Trinajstić information content (AvgIpc) is 1.88. The van der Waals surface area contributed by atoms with Crippen LogP contribution in [0.15, 0.2) is 0 Å². The van der Waals surface area contributed by atoms with E-state index in [-0.39, 0.29) is 6.67 Å². The van der Waals surface area contributed by atoms with Crippen molar-refractivity contribution in [3.63, 3.8) is 0 Å². The van der Waals surface area contributed by atoms with Gasteiger partial charge in [-0.25, -0.2) is 0 Å². The molecule has 0 saturated carbocycles. The van der Waals surface area contributed by atoms with Gasteiger partial charge in [-0.05, 0) is 26.4 Å². The molecule has 2 heteroatoms. The Bertz CT molecular complexity index is 85.0. The summed E-state index contributed by atoms with van der Waals surface area (Å²) in [5.74, 6) is 0.323. The standard InChI is InChI=1S/C7H14FN/c1-9-4-2-3-7(5-8)6-9/h7H,2-6H2,1H3/t7-/m1/s1. The molecular formula is C7H14FN. The molecule has 1 rings (SSSR count). The van der Waals surface area contributed by atoms with E-state index in [0.717, 1.165) is 19.5 Å². The van der Waals surface area contributed by atoms with Crippen LogP contribution >= 0.6 is 0 Å². The SMILES string of the molecule is CN1CCC[C@H](CF)C1. The Morgan fingerprint density at radius 2 is 2.44 bits per heavy atom. The monoisotopic (exact) mass is 131 g/mol. The quantitative estimate of drug-likeness (QED) is 0.518. The summed E-state index contributed by atoms with van der Waals surface area (Å²) >= 11 is 0. The van der Waals surface area contributed by atoms with Crippen molar-refractivity contribution in [3.05, 3.63) is 0 Å². The first-order valence-corrected chi connectivity index (χ1v) is 3.57. The smallest absolute Gasteiger partial charge is 0.0934 e. The molecule has 9 heavy (non-hydrogen) atoms. The molecule has 0 bridgehead atoms. The van der Waals surface area contributed by atoms with Crippen LogP contribution in [0.3, 0.4) is 0 Å². The van der Waals surface area contributed by atoms with Crippen molar-refractivity contribution in [1.29, 1.82) is 0 Å². The third-order valence-electron chi connectivity index (χ3n) is 1.94. The van der Waals surface area contributed by atoms with E-state index < -0.39 is 0 Å². The fourth-order valence-corrected chi connectivity index (χ4v) is 1.40. The number of halogens is 1. The van der Waals surface area contributed by atoms with E-state index in [9.17, 15) is 4.39 Å². The van der Waals surface area contributed by atoms with Crippen molar-refractivity contribution in [2.75, 3.05) is 26.8 Å². The molecule has 0 spiro atoms. The second-order valence-corrected chi connectivity index (χ2v) is 2.92. The summed E-state index contributed by atoms with van der Waals surface area (Å²) in [6.45, 7) is 1.97. The maximum atomic E-state index is 12.0. The Kier molecular flexibility index (Phi) is 2.46. The second-order valence-electron chi connectivity index (χ2n) is 2.92. The summed E-state index contributed by atoms with van der Waals surface area (Å²) in [6, 6.07) is 0. The van der Waals surface area contributed by atoms with E-state index >= 15 is 0 Å². The topological polar surface area (TPSA) is 3.24 Å². The Balaban J connectivity index is 2.23. The van der Waals surface area contributed by atoms with Crippen molar-refractivity contribution in [2.45, 2.75) is 12.8 Å². The van der Waals surface area contributed by atoms with Crippen LogP contribution in [0.5, 0.6) is 0 Å². The number of rotatable bonds is 1. The van der Waals surface area contributed by atoms with Crippen molar-refractivity contribution in [2.24, 2.45) is 5.92 Å². The minimum atomic E-state index is -0.135. The molecule has 0 aromatic heterocycles. The molecule has 0 amide bonds. The normalized spacial score (nSPS) is 30.7. The lowest BCUT2D eigenvalue weighted by atomic mass is 10.0. The predicted molar refractivity (Wildman–Crippen MR) is 36.2 cm³/mol. The van der Waals surface area contributed by atoms with Gasteiger partial charge in [-0.1, -0.05) is 0 Å². The second kappa shape index (κ2) is 3.16. The van der Waals surface area contributed by atoms with Crippen LogP contribution in [-0.4, -0.2) is 31.7 Å². The summed E-state index contributed by atoms with van der Waals surface area (Å²) in [5.41, 5.74) is 0. The highest BCUT2D eigenvalue weighted by atomic mass is 19.1. The van der Waals surface area contributed by atoms with Gasteiger partial charge in [0.15, 0.2) is 0 Å². The van der Waals surface area contributed by atoms with Gasteiger partial charge >= 0.3 is 0 Å². The number of likely N-dealkylation sites (tertiary alicyclic amines) is 1. The van der Waals surface area contributed by atoms with E-state index in [4.69, 9.17) is 0 Å². The molecule has 1 saturated heterocycles. The zero-order valence-electron chi connectivity index (χ0n) is 5.94. The van der Waals surface area contributed by atoms with Crippen molar-refractivity contribution < 1.29 is 4.39 Å². The number of nitrogens with zero attached hydrogens (tertiary/aromatic N) is 1.